The number of hydrogen-bond acceptors (Lipinski definition) is 3. The first-order valence-corrected chi connectivity index (χ1v) is 7.08. The molecule has 1 atom stereocenters. The lowest BCUT2D eigenvalue weighted by Gasteiger charge is -2.35. The van der Waals surface area contributed by atoms with Crippen molar-refractivity contribution in [2.75, 3.05) is 38.1 Å². The van der Waals surface area contributed by atoms with Crippen LogP contribution in [0.2, 0.25) is 0 Å². The Morgan fingerprint density at radius 2 is 1.82 bits per heavy atom. The molecular formula is C11H17BrN2O3. The van der Waals surface area contributed by atoms with Crippen LogP contribution in [0, 0.1) is 0 Å². The molecule has 6 heteroatoms. The molecular weight excluding hydrogens is 288 g/mol. The smallest absolute Gasteiger partial charge is 0.251 e. The van der Waals surface area contributed by atoms with Gasteiger partial charge in [-0.2, -0.15) is 0 Å². The summed E-state index contributed by atoms with van der Waals surface area (Å²) in [5.74, 6) is 0.183. The minimum Gasteiger partial charge on any atom is -0.368 e. The molecule has 2 heterocycles. The van der Waals surface area contributed by atoms with Crippen LogP contribution < -0.4 is 0 Å². The van der Waals surface area contributed by atoms with E-state index >= 15 is 0 Å². The third kappa shape index (κ3) is 2.98. The summed E-state index contributed by atoms with van der Waals surface area (Å²) in [6.45, 7) is 3.19. The molecule has 0 N–H and O–H groups in total. The molecule has 2 aliphatic heterocycles. The predicted molar refractivity (Wildman–Crippen MR) is 65.9 cm³/mol. The van der Waals surface area contributed by atoms with E-state index < -0.39 is 0 Å². The molecule has 2 fully saturated rings. The molecule has 0 spiro atoms. The van der Waals surface area contributed by atoms with Gasteiger partial charge in [0.15, 0.2) is 0 Å². The van der Waals surface area contributed by atoms with Crippen LogP contribution >= 0.6 is 15.9 Å². The van der Waals surface area contributed by atoms with Crippen LogP contribution in [0.1, 0.15) is 12.8 Å². The Morgan fingerprint density at radius 1 is 1.18 bits per heavy atom. The average Bonchev–Trinajstić information content (AvgIpc) is 2.91. The fourth-order valence-electron chi connectivity index (χ4n) is 2.24. The first-order chi connectivity index (χ1) is 8.22. The molecule has 0 bridgehead atoms. The molecule has 5 nitrogen and oxygen atoms in total. The molecule has 0 aromatic carbocycles. The highest BCUT2D eigenvalue weighted by Crippen LogP contribution is 2.16. The molecule has 2 amide bonds. The van der Waals surface area contributed by atoms with Crippen molar-refractivity contribution < 1.29 is 14.3 Å². The van der Waals surface area contributed by atoms with Crippen LogP contribution in [0.25, 0.3) is 0 Å². The Hall–Kier alpha value is -0.620. The Kier molecular flexibility index (Phi) is 4.39. The largest absolute Gasteiger partial charge is 0.368 e. The van der Waals surface area contributed by atoms with Crippen molar-refractivity contribution in [2.24, 2.45) is 0 Å². The Labute approximate surface area is 109 Å². The highest BCUT2D eigenvalue weighted by Gasteiger charge is 2.30. The van der Waals surface area contributed by atoms with E-state index in [1.54, 1.807) is 4.90 Å². The van der Waals surface area contributed by atoms with Crippen LogP contribution in [-0.2, 0) is 14.3 Å². The van der Waals surface area contributed by atoms with Crippen LogP contribution in [0.3, 0.4) is 0 Å². The summed E-state index contributed by atoms with van der Waals surface area (Å²) in [7, 11) is 0. The van der Waals surface area contributed by atoms with Crippen LogP contribution in [0.4, 0.5) is 0 Å². The lowest BCUT2D eigenvalue weighted by atomic mass is 10.2. The summed E-state index contributed by atoms with van der Waals surface area (Å²) in [5, 5.41) is 0.354. The van der Waals surface area contributed by atoms with Gasteiger partial charge in [-0.1, -0.05) is 15.9 Å². The number of ether oxygens (including phenoxy) is 1. The highest BCUT2D eigenvalue weighted by molar-refractivity contribution is 9.09. The molecule has 2 saturated heterocycles. The Balaban J connectivity index is 1.82. The first kappa shape index (κ1) is 12.8. The van der Waals surface area contributed by atoms with Crippen LogP contribution in [-0.4, -0.2) is 65.8 Å². The Morgan fingerprint density at radius 3 is 2.35 bits per heavy atom. The number of hydrogen-bond donors (Lipinski definition) is 0. The van der Waals surface area contributed by atoms with E-state index in [4.69, 9.17) is 4.74 Å². The topological polar surface area (TPSA) is 49.9 Å². The molecule has 0 aromatic heterocycles. The van der Waals surface area contributed by atoms with E-state index in [0.717, 1.165) is 12.8 Å². The summed E-state index contributed by atoms with van der Waals surface area (Å²) < 4.78 is 5.38. The van der Waals surface area contributed by atoms with E-state index in [2.05, 4.69) is 15.9 Å². The van der Waals surface area contributed by atoms with Gasteiger partial charge in [-0.15, -0.1) is 0 Å². The van der Waals surface area contributed by atoms with Crippen molar-refractivity contribution in [3.63, 3.8) is 0 Å². The number of halogens is 1. The normalized spacial score (nSPS) is 25.1. The summed E-state index contributed by atoms with van der Waals surface area (Å²) >= 11 is 3.16. The van der Waals surface area contributed by atoms with E-state index in [1.807, 2.05) is 4.90 Å². The van der Waals surface area contributed by atoms with Gasteiger partial charge in [-0.05, 0) is 12.8 Å². The number of amides is 2. The number of alkyl halides is 1. The summed E-state index contributed by atoms with van der Waals surface area (Å²) in [4.78, 5) is 27.1. The minimum atomic E-state index is -0.242. The van der Waals surface area contributed by atoms with Gasteiger partial charge in [0.2, 0.25) is 5.91 Å². The fourth-order valence-corrected chi connectivity index (χ4v) is 2.59. The van der Waals surface area contributed by atoms with Crippen molar-refractivity contribution in [3.05, 3.63) is 0 Å². The van der Waals surface area contributed by atoms with Gasteiger partial charge in [-0.3, -0.25) is 9.59 Å². The quantitative estimate of drug-likeness (QED) is 0.686. The van der Waals surface area contributed by atoms with Gasteiger partial charge in [-0.25, -0.2) is 0 Å². The van der Waals surface area contributed by atoms with Gasteiger partial charge in [0, 0.05) is 32.8 Å². The molecule has 17 heavy (non-hydrogen) atoms. The third-order valence-corrected chi connectivity index (χ3v) is 3.74. The van der Waals surface area contributed by atoms with Crippen LogP contribution in [0.5, 0.6) is 0 Å². The van der Waals surface area contributed by atoms with Crippen molar-refractivity contribution >= 4 is 27.7 Å². The first-order valence-electron chi connectivity index (χ1n) is 5.96. The minimum absolute atomic E-state index is 0.0911. The predicted octanol–water partition coefficient (Wildman–Crippen LogP) is 0.231. The number of carbonyl (C=O) groups is 2. The van der Waals surface area contributed by atoms with E-state index in [0.29, 0.717) is 38.1 Å². The van der Waals surface area contributed by atoms with Crippen molar-refractivity contribution in [1.82, 2.24) is 9.80 Å². The summed E-state index contributed by atoms with van der Waals surface area (Å²) in [6.07, 6.45) is 1.56. The lowest BCUT2D eigenvalue weighted by molar-refractivity contribution is -0.145. The van der Waals surface area contributed by atoms with E-state index in [9.17, 15) is 9.59 Å². The standard InChI is InChI=1S/C11H17BrN2O3/c12-8-10(15)13-3-5-14(6-4-13)11(16)9-2-1-7-17-9/h9H,1-8H2. The average molecular weight is 305 g/mol. The monoisotopic (exact) mass is 304 g/mol. The SMILES string of the molecule is O=C(CBr)N1CCN(C(=O)C2CCCO2)CC1. The molecule has 0 aromatic rings. The number of carbonyl (C=O) groups excluding carboxylic acids is 2. The molecule has 2 rings (SSSR count). The highest BCUT2D eigenvalue weighted by atomic mass is 79.9. The molecule has 1 unspecified atom stereocenters. The van der Waals surface area contributed by atoms with Gasteiger partial charge in [0.05, 0.1) is 5.33 Å². The third-order valence-electron chi connectivity index (χ3n) is 3.26. The number of nitrogens with zero attached hydrogens (tertiary/aromatic N) is 2. The molecule has 0 aliphatic carbocycles. The number of rotatable bonds is 2. The molecule has 2 aliphatic rings. The second-order valence-electron chi connectivity index (χ2n) is 4.34. The van der Waals surface area contributed by atoms with Crippen molar-refractivity contribution in [2.45, 2.75) is 18.9 Å². The summed E-state index contributed by atoms with van der Waals surface area (Å²) in [6, 6.07) is 0. The molecule has 96 valence electrons. The summed E-state index contributed by atoms with van der Waals surface area (Å²) in [5.41, 5.74) is 0. The molecule has 0 saturated carbocycles. The fraction of sp³-hybridized carbons (Fsp3) is 0.818. The van der Waals surface area contributed by atoms with Gasteiger partial charge >= 0.3 is 0 Å². The van der Waals surface area contributed by atoms with E-state index in [1.165, 1.54) is 0 Å². The second kappa shape index (κ2) is 5.82. The van der Waals surface area contributed by atoms with Gasteiger partial charge in [0.25, 0.3) is 5.91 Å². The maximum atomic E-state index is 12.0. The maximum absolute atomic E-state index is 12.0. The van der Waals surface area contributed by atoms with Gasteiger partial charge in [0.1, 0.15) is 6.10 Å². The van der Waals surface area contributed by atoms with Crippen LogP contribution in [0.15, 0.2) is 0 Å². The maximum Gasteiger partial charge on any atom is 0.251 e. The zero-order valence-corrected chi connectivity index (χ0v) is 11.3. The second-order valence-corrected chi connectivity index (χ2v) is 4.90. The lowest BCUT2D eigenvalue weighted by Crippen LogP contribution is -2.53. The molecule has 0 radical (unpaired) electrons. The zero-order chi connectivity index (χ0) is 12.3. The Bertz CT molecular complexity index is 297. The van der Waals surface area contributed by atoms with Crippen molar-refractivity contribution in [1.29, 1.82) is 0 Å². The zero-order valence-electron chi connectivity index (χ0n) is 9.73. The van der Waals surface area contributed by atoms with Gasteiger partial charge < -0.3 is 14.5 Å². The van der Waals surface area contributed by atoms with Crippen molar-refractivity contribution in [3.8, 4) is 0 Å². The van der Waals surface area contributed by atoms with E-state index in [-0.39, 0.29) is 17.9 Å². The number of piperazine rings is 1.